The van der Waals surface area contributed by atoms with Crippen molar-refractivity contribution in [2.45, 2.75) is 13.8 Å². The molecule has 1 fully saturated rings. The van der Waals surface area contributed by atoms with Gasteiger partial charge in [-0.2, -0.15) is 0 Å². The van der Waals surface area contributed by atoms with Gasteiger partial charge in [0, 0.05) is 0 Å². The summed E-state index contributed by atoms with van der Waals surface area (Å²) in [5, 5.41) is 4.69. The number of halogens is 2. The van der Waals surface area contributed by atoms with Gasteiger partial charge in [-0.25, -0.2) is 14.1 Å². The van der Waals surface area contributed by atoms with Gasteiger partial charge < -0.3 is 10.1 Å². The minimum atomic E-state index is -0.840. The standard InChI is InChI=1S/C27H21ClFN3O5/c1-15-9-16(2)11-18(10-15)32-26(35)19(25(34)31-27(32)36)12-17-7-8-23(20(28)13-17)37-14-24(33)30-22-6-4-3-5-21(22)29/h3-13H,14H2,1-2H3,(H,30,33)(H,31,34,36)/b19-12+. The summed E-state index contributed by atoms with van der Waals surface area (Å²) in [6, 6.07) is 14.5. The maximum absolute atomic E-state index is 13.7. The highest BCUT2D eigenvalue weighted by Gasteiger charge is 2.37. The first-order valence-electron chi connectivity index (χ1n) is 11.1. The molecule has 3 aromatic rings. The molecule has 5 amide bonds. The van der Waals surface area contributed by atoms with Crippen molar-refractivity contribution in [1.29, 1.82) is 0 Å². The van der Waals surface area contributed by atoms with Crippen LogP contribution in [0.5, 0.6) is 5.75 Å². The van der Waals surface area contributed by atoms with Gasteiger partial charge in [0.05, 0.1) is 16.4 Å². The van der Waals surface area contributed by atoms with E-state index in [1.807, 2.05) is 19.9 Å². The van der Waals surface area contributed by atoms with Crippen molar-refractivity contribution < 1.29 is 28.3 Å². The van der Waals surface area contributed by atoms with Gasteiger partial charge in [0.15, 0.2) is 6.61 Å². The molecule has 0 bridgehead atoms. The number of anilines is 2. The van der Waals surface area contributed by atoms with Crippen molar-refractivity contribution in [2.75, 3.05) is 16.8 Å². The fourth-order valence-electron chi connectivity index (χ4n) is 3.75. The molecule has 10 heteroatoms. The highest BCUT2D eigenvalue weighted by Crippen LogP contribution is 2.28. The average molecular weight is 522 g/mol. The lowest BCUT2D eigenvalue weighted by Crippen LogP contribution is -2.54. The van der Waals surface area contributed by atoms with Crippen LogP contribution in [0.4, 0.5) is 20.6 Å². The number of carbonyl (C=O) groups excluding carboxylic acids is 4. The molecule has 2 N–H and O–H groups in total. The first-order valence-corrected chi connectivity index (χ1v) is 11.5. The fraction of sp³-hybridized carbons (Fsp3) is 0.111. The molecule has 0 spiro atoms. The third-order valence-corrected chi connectivity index (χ3v) is 5.64. The first-order chi connectivity index (χ1) is 17.6. The van der Waals surface area contributed by atoms with Crippen LogP contribution >= 0.6 is 11.6 Å². The molecule has 0 aliphatic carbocycles. The van der Waals surface area contributed by atoms with Crippen molar-refractivity contribution in [2.24, 2.45) is 0 Å². The smallest absolute Gasteiger partial charge is 0.335 e. The summed E-state index contributed by atoms with van der Waals surface area (Å²) in [5.74, 6) is -2.62. The van der Waals surface area contributed by atoms with Crippen LogP contribution in [-0.2, 0) is 14.4 Å². The molecule has 0 atom stereocenters. The van der Waals surface area contributed by atoms with Crippen LogP contribution in [0, 0.1) is 19.7 Å². The van der Waals surface area contributed by atoms with Crippen LogP contribution in [0.3, 0.4) is 0 Å². The Hall–Kier alpha value is -4.50. The van der Waals surface area contributed by atoms with E-state index >= 15 is 0 Å². The Morgan fingerprint density at radius 2 is 1.76 bits per heavy atom. The summed E-state index contributed by atoms with van der Waals surface area (Å²) in [6.07, 6.45) is 1.31. The zero-order valence-corrected chi connectivity index (χ0v) is 20.6. The van der Waals surface area contributed by atoms with Crippen molar-refractivity contribution in [1.82, 2.24) is 5.32 Å². The number of nitrogens with zero attached hydrogens (tertiary/aromatic N) is 1. The fourth-order valence-corrected chi connectivity index (χ4v) is 4.00. The van der Waals surface area contributed by atoms with Crippen molar-refractivity contribution >= 4 is 52.8 Å². The zero-order valence-electron chi connectivity index (χ0n) is 19.8. The summed E-state index contributed by atoms with van der Waals surface area (Å²) in [4.78, 5) is 51.0. The molecule has 0 saturated carbocycles. The van der Waals surface area contributed by atoms with E-state index in [-0.39, 0.29) is 22.0 Å². The van der Waals surface area contributed by atoms with Gasteiger partial charge in [0.1, 0.15) is 17.1 Å². The Morgan fingerprint density at radius 1 is 1.05 bits per heavy atom. The number of urea groups is 1. The number of amides is 5. The predicted molar refractivity (Wildman–Crippen MR) is 137 cm³/mol. The number of ether oxygens (including phenoxy) is 1. The van der Waals surface area contributed by atoms with Crippen LogP contribution in [-0.4, -0.2) is 30.4 Å². The number of rotatable bonds is 6. The molecule has 188 valence electrons. The lowest BCUT2D eigenvalue weighted by molar-refractivity contribution is -0.122. The Bertz CT molecular complexity index is 1450. The van der Waals surface area contributed by atoms with Gasteiger partial charge >= 0.3 is 6.03 Å². The lowest BCUT2D eigenvalue weighted by atomic mass is 10.1. The second kappa shape index (κ2) is 10.6. The van der Waals surface area contributed by atoms with Crippen LogP contribution in [0.15, 0.2) is 66.2 Å². The minimum absolute atomic E-state index is 0.0212. The molecule has 0 unspecified atom stereocenters. The Kier molecular flexibility index (Phi) is 7.35. The molecule has 1 aliphatic heterocycles. The van der Waals surface area contributed by atoms with Crippen LogP contribution in [0.1, 0.15) is 16.7 Å². The number of hydrogen-bond acceptors (Lipinski definition) is 5. The molecule has 1 aliphatic rings. The number of para-hydroxylation sites is 1. The number of barbiturate groups is 1. The Balaban J connectivity index is 1.50. The zero-order chi connectivity index (χ0) is 26.7. The number of benzene rings is 3. The van der Waals surface area contributed by atoms with Crippen molar-refractivity contribution in [3.05, 3.63) is 93.8 Å². The molecule has 4 rings (SSSR count). The Labute approximate surface area is 216 Å². The van der Waals surface area contributed by atoms with Gasteiger partial charge in [-0.05, 0) is 73.0 Å². The number of aryl methyl sites for hydroxylation is 2. The molecule has 1 heterocycles. The molecule has 8 nitrogen and oxygen atoms in total. The van der Waals surface area contributed by atoms with E-state index in [0.29, 0.717) is 11.3 Å². The third kappa shape index (κ3) is 5.84. The number of imide groups is 2. The molecular weight excluding hydrogens is 501 g/mol. The van der Waals surface area contributed by atoms with E-state index in [4.69, 9.17) is 16.3 Å². The summed E-state index contributed by atoms with van der Waals surface area (Å²) in [6.45, 7) is 3.24. The lowest BCUT2D eigenvalue weighted by Gasteiger charge is -2.27. The Morgan fingerprint density at radius 3 is 2.43 bits per heavy atom. The molecule has 37 heavy (non-hydrogen) atoms. The van der Waals surface area contributed by atoms with E-state index in [0.717, 1.165) is 16.0 Å². The normalized spacial score (nSPS) is 14.5. The summed E-state index contributed by atoms with van der Waals surface area (Å²) < 4.78 is 19.1. The molecule has 0 aromatic heterocycles. The average Bonchev–Trinajstić information content (AvgIpc) is 2.82. The number of hydrogen-bond donors (Lipinski definition) is 2. The van der Waals surface area contributed by atoms with E-state index in [1.54, 1.807) is 18.2 Å². The van der Waals surface area contributed by atoms with Crippen molar-refractivity contribution in [3.63, 3.8) is 0 Å². The molecule has 3 aromatic carbocycles. The van der Waals surface area contributed by atoms with Gasteiger partial charge in [-0.15, -0.1) is 0 Å². The largest absolute Gasteiger partial charge is 0.482 e. The molecule has 1 saturated heterocycles. The van der Waals surface area contributed by atoms with Crippen LogP contribution < -0.4 is 20.3 Å². The summed E-state index contributed by atoms with van der Waals surface area (Å²) >= 11 is 6.28. The number of carbonyl (C=O) groups is 4. The summed E-state index contributed by atoms with van der Waals surface area (Å²) in [7, 11) is 0. The molecule has 0 radical (unpaired) electrons. The van der Waals surface area contributed by atoms with E-state index in [1.165, 1.54) is 42.5 Å². The van der Waals surface area contributed by atoms with Gasteiger partial charge in [-0.3, -0.25) is 19.7 Å². The number of nitrogens with one attached hydrogen (secondary N) is 2. The summed E-state index contributed by atoms with van der Waals surface area (Å²) in [5.41, 5.74) is 2.20. The van der Waals surface area contributed by atoms with Gasteiger partial charge in [0.25, 0.3) is 17.7 Å². The van der Waals surface area contributed by atoms with E-state index in [9.17, 15) is 23.6 Å². The maximum Gasteiger partial charge on any atom is 0.335 e. The van der Waals surface area contributed by atoms with Gasteiger partial charge in [0.2, 0.25) is 0 Å². The highest BCUT2D eigenvalue weighted by molar-refractivity contribution is 6.39. The maximum atomic E-state index is 13.7. The van der Waals surface area contributed by atoms with E-state index in [2.05, 4.69) is 10.6 Å². The monoisotopic (exact) mass is 521 g/mol. The SMILES string of the molecule is Cc1cc(C)cc(N2C(=O)NC(=O)/C(=C\c3ccc(OCC(=O)Nc4ccccc4F)c(Cl)c3)C2=O)c1. The van der Waals surface area contributed by atoms with Crippen LogP contribution in [0.2, 0.25) is 5.02 Å². The first kappa shape index (κ1) is 25.6. The minimum Gasteiger partial charge on any atom is -0.482 e. The van der Waals surface area contributed by atoms with Crippen molar-refractivity contribution in [3.8, 4) is 5.75 Å². The second-order valence-electron chi connectivity index (χ2n) is 8.31. The van der Waals surface area contributed by atoms with Crippen LogP contribution in [0.25, 0.3) is 6.08 Å². The topological polar surface area (TPSA) is 105 Å². The third-order valence-electron chi connectivity index (χ3n) is 5.34. The van der Waals surface area contributed by atoms with Gasteiger partial charge in [-0.1, -0.05) is 35.9 Å². The molecular formula is C27H21ClFN3O5. The quantitative estimate of drug-likeness (QED) is 0.359. The van der Waals surface area contributed by atoms with E-state index < -0.39 is 36.2 Å². The predicted octanol–water partition coefficient (Wildman–Crippen LogP) is 4.78. The highest BCUT2D eigenvalue weighted by atomic mass is 35.5. The second-order valence-corrected chi connectivity index (χ2v) is 8.72.